The number of amides is 1. The highest BCUT2D eigenvalue weighted by Crippen LogP contribution is 2.28. The number of carbonyl (C=O) groups excluding carboxylic acids is 1. The second-order valence-electron chi connectivity index (χ2n) is 6.41. The lowest BCUT2D eigenvalue weighted by atomic mass is 10.1. The Kier molecular flexibility index (Phi) is 7.53. The van der Waals surface area contributed by atoms with Gasteiger partial charge in [-0.25, -0.2) is 0 Å². The zero-order valence-electron chi connectivity index (χ0n) is 17.0. The summed E-state index contributed by atoms with van der Waals surface area (Å²) >= 11 is 0. The maximum atomic E-state index is 12.4. The highest BCUT2D eigenvalue weighted by molar-refractivity contribution is 5.91. The van der Waals surface area contributed by atoms with Gasteiger partial charge in [-0.15, -0.1) is 0 Å². The van der Waals surface area contributed by atoms with Gasteiger partial charge in [0.25, 0.3) is 0 Å². The van der Waals surface area contributed by atoms with Crippen LogP contribution in [-0.4, -0.2) is 33.2 Å². The molecule has 0 heterocycles. The SMILES string of the molecule is CCN(CC)c1ccc(NC(=O)CCc2ccc(OC)c(OC)c2)c(C)c1. The Morgan fingerprint density at radius 2 is 1.70 bits per heavy atom. The first-order valence-corrected chi connectivity index (χ1v) is 9.38. The molecule has 0 aliphatic heterocycles. The standard InChI is InChI=1S/C22H30N2O3/c1-6-24(7-2)18-10-11-19(16(3)14-18)23-22(25)13-9-17-8-12-20(26-4)21(15-17)27-5/h8,10-12,14-15H,6-7,9,13H2,1-5H3,(H,23,25). The van der Waals surface area contributed by atoms with Gasteiger partial charge in [0.2, 0.25) is 5.91 Å². The number of hydrogen-bond donors (Lipinski definition) is 1. The number of aryl methyl sites for hydroxylation is 2. The largest absolute Gasteiger partial charge is 0.493 e. The zero-order valence-corrected chi connectivity index (χ0v) is 17.0. The first kappa shape index (κ1) is 20.6. The van der Waals surface area contributed by atoms with E-state index in [0.717, 1.165) is 29.9 Å². The highest BCUT2D eigenvalue weighted by Gasteiger charge is 2.10. The smallest absolute Gasteiger partial charge is 0.224 e. The lowest BCUT2D eigenvalue weighted by molar-refractivity contribution is -0.116. The molecule has 2 aromatic rings. The molecular formula is C22H30N2O3. The van der Waals surface area contributed by atoms with E-state index in [4.69, 9.17) is 9.47 Å². The maximum Gasteiger partial charge on any atom is 0.224 e. The minimum Gasteiger partial charge on any atom is -0.493 e. The van der Waals surface area contributed by atoms with E-state index in [-0.39, 0.29) is 5.91 Å². The van der Waals surface area contributed by atoms with E-state index < -0.39 is 0 Å². The van der Waals surface area contributed by atoms with Gasteiger partial charge in [0, 0.05) is 30.9 Å². The second-order valence-corrected chi connectivity index (χ2v) is 6.41. The fraction of sp³-hybridized carbons (Fsp3) is 0.409. The zero-order chi connectivity index (χ0) is 19.8. The molecule has 0 aliphatic carbocycles. The van der Waals surface area contributed by atoms with Gasteiger partial charge in [0.05, 0.1) is 14.2 Å². The molecule has 2 aromatic carbocycles. The van der Waals surface area contributed by atoms with Gasteiger partial charge < -0.3 is 19.7 Å². The van der Waals surface area contributed by atoms with E-state index in [1.54, 1.807) is 14.2 Å². The molecule has 1 amide bonds. The summed E-state index contributed by atoms with van der Waals surface area (Å²) in [5.74, 6) is 1.37. The summed E-state index contributed by atoms with van der Waals surface area (Å²) in [6.45, 7) is 8.24. The van der Waals surface area contributed by atoms with E-state index in [2.05, 4.69) is 36.2 Å². The van der Waals surface area contributed by atoms with E-state index >= 15 is 0 Å². The molecule has 1 N–H and O–H groups in total. The fourth-order valence-corrected chi connectivity index (χ4v) is 3.08. The van der Waals surface area contributed by atoms with Crippen molar-refractivity contribution in [3.63, 3.8) is 0 Å². The number of nitrogens with one attached hydrogen (secondary N) is 1. The van der Waals surface area contributed by atoms with Gasteiger partial charge in [-0.3, -0.25) is 4.79 Å². The third-order valence-electron chi connectivity index (χ3n) is 4.70. The Hall–Kier alpha value is -2.69. The summed E-state index contributed by atoms with van der Waals surface area (Å²) in [4.78, 5) is 14.7. The van der Waals surface area contributed by atoms with Crippen LogP contribution in [0.1, 0.15) is 31.4 Å². The van der Waals surface area contributed by atoms with E-state index in [1.165, 1.54) is 5.69 Å². The normalized spacial score (nSPS) is 10.4. The van der Waals surface area contributed by atoms with E-state index in [0.29, 0.717) is 24.3 Å². The number of methoxy groups -OCH3 is 2. The number of hydrogen-bond acceptors (Lipinski definition) is 4. The first-order valence-electron chi connectivity index (χ1n) is 9.38. The van der Waals surface area contributed by atoms with Crippen molar-refractivity contribution in [3.05, 3.63) is 47.5 Å². The summed E-state index contributed by atoms with van der Waals surface area (Å²) in [6, 6.07) is 11.9. The first-order chi connectivity index (χ1) is 13.0. The Bertz CT molecular complexity index is 770. The van der Waals surface area contributed by atoms with Crippen molar-refractivity contribution in [3.8, 4) is 11.5 Å². The molecule has 0 saturated heterocycles. The number of carbonyl (C=O) groups is 1. The van der Waals surface area contributed by atoms with Crippen LogP contribution in [0.25, 0.3) is 0 Å². The van der Waals surface area contributed by atoms with Crippen LogP contribution in [0.2, 0.25) is 0 Å². The number of nitrogens with zero attached hydrogens (tertiary/aromatic N) is 1. The van der Waals surface area contributed by atoms with Crippen LogP contribution in [0, 0.1) is 6.92 Å². The van der Waals surface area contributed by atoms with Crippen LogP contribution >= 0.6 is 0 Å². The van der Waals surface area contributed by atoms with Crippen molar-refractivity contribution in [1.29, 1.82) is 0 Å². The molecule has 5 nitrogen and oxygen atoms in total. The molecule has 2 rings (SSSR count). The maximum absolute atomic E-state index is 12.4. The van der Waals surface area contributed by atoms with Crippen LogP contribution in [0.4, 0.5) is 11.4 Å². The molecule has 0 fully saturated rings. The molecule has 0 saturated carbocycles. The Morgan fingerprint density at radius 3 is 2.30 bits per heavy atom. The monoisotopic (exact) mass is 370 g/mol. The molecule has 0 spiro atoms. The van der Waals surface area contributed by atoms with Gasteiger partial charge in [-0.05, 0) is 68.7 Å². The third kappa shape index (κ3) is 5.39. The van der Waals surface area contributed by atoms with Crippen molar-refractivity contribution >= 4 is 17.3 Å². The van der Waals surface area contributed by atoms with Crippen LogP contribution in [0.3, 0.4) is 0 Å². The minimum atomic E-state index is 0.00322. The summed E-state index contributed by atoms with van der Waals surface area (Å²) in [6.07, 6.45) is 1.05. The number of rotatable bonds is 9. The van der Waals surface area contributed by atoms with Crippen LogP contribution in [0.15, 0.2) is 36.4 Å². The molecule has 0 bridgehead atoms. The van der Waals surface area contributed by atoms with Crippen molar-refractivity contribution in [2.45, 2.75) is 33.6 Å². The fourth-order valence-electron chi connectivity index (χ4n) is 3.08. The Labute approximate surface area is 162 Å². The molecule has 146 valence electrons. The average Bonchev–Trinajstić information content (AvgIpc) is 2.69. The van der Waals surface area contributed by atoms with Crippen LogP contribution < -0.4 is 19.7 Å². The number of ether oxygens (including phenoxy) is 2. The number of benzene rings is 2. The summed E-state index contributed by atoms with van der Waals surface area (Å²) in [7, 11) is 3.22. The van der Waals surface area contributed by atoms with Gasteiger partial charge in [-0.2, -0.15) is 0 Å². The Balaban J connectivity index is 1.98. The minimum absolute atomic E-state index is 0.00322. The van der Waals surface area contributed by atoms with E-state index in [9.17, 15) is 4.79 Å². The predicted molar refractivity (Wildman–Crippen MR) is 111 cm³/mol. The Morgan fingerprint density at radius 1 is 1.00 bits per heavy atom. The third-order valence-corrected chi connectivity index (χ3v) is 4.70. The topological polar surface area (TPSA) is 50.8 Å². The summed E-state index contributed by atoms with van der Waals surface area (Å²) < 4.78 is 10.6. The lowest BCUT2D eigenvalue weighted by Gasteiger charge is -2.22. The molecule has 5 heteroatoms. The van der Waals surface area contributed by atoms with Gasteiger partial charge >= 0.3 is 0 Å². The molecule has 0 unspecified atom stereocenters. The van der Waals surface area contributed by atoms with Crippen LogP contribution in [0.5, 0.6) is 11.5 Å². The molecule has 0 aliphatic rings. The number of anilines is 2. The van der Waals surface area contributed by atoms with Crippen molar-refractivity contribution in [2.75, 3.05) is 37.5 Å². The van der Waals surface area contributed by atoms with Gasteiger partial charge in [-0.1, -0.05) is 6.07 Å². The van der Waals surface area contributed by atoms with Crippen molar-refractivity contribution in [2.24, 2.45) is 0 Å². The quantitative estimate of drug-likeness (QED) is 0.709. The summed E-state index contributed by atoms with van der Waals surface area (Å²) in [5, 5.41) is 3.02. The molecular weight excluding hydrogens is 340 g/mol. The summed E-state index contributed by atoms with van der Waals surface area (Å²) in [5.41, 5.74) is 4.15. The highest BCUT2D eigenvalue weighted by atomic mass is 16.5. The average molecular weight is 370 g/mol. The predicted octanol–water partition coefficient (Wildman–Crippen LogP) is 4.43. The van der Waals surface area contributed by atoms with Crippen molar-refractivity contribution < 1.29 is 14.3 Å². The van der Waals surface area contributed by atoms with Gasteiger partial charge in [0.15, 0.2) is 11.5 Å². The molecule has 0 atom stereocenters. The molecule has 0 aromatic heterocycles. The second kappa shape index (κ2) is 9.86. The lowest BCUT2D eigenvalue weighted by Crippen LogP contribution is -2.22. The molecule has 0 radical (unpaired) electrons. The van der Waals surface area contributed by atoms with E-state index in [1.807, 2.05) is 31.2 Å². The molecule has 27 heavy (non-hydrogen) atoms. The van der Waals surface area contributed by atoms with Crippen molar-refractivity contribution in [1.82, 2.24) is 0 Å². The van der Waals surface area contributed by atoms with Crippen LogP contribution in [-0.2, 0) is 11.2 Å². The van der Waals surface area contributed by atoms with Gasteiger partial charge in [0.1, 0.15) is 0 Å².